The second kappa shape index (κ2) is 7.96. The first-order valence-corrected chi connectivity index (χ1v) is 7.99. The zero-order valence-electron chi connectivity index (χ0n) is 12.3. The summed E-state index contributed by atoms with van der Waals surface area (Å²) in [7, 11) is 0. The number of nitrogens with one attached hydrogen (secondary N) is 2. The number of rotatable bonds is 6. The van der Waals surface area contributed by atoms with Crippen LogP contribution in [0.3, 0.4) is 0 Å². The molecule has 1 amide bonds. The third kappa shape index (κ3) is 5.38. The van der Waals surface area contributed by atoms with E-state index in [4.69, 9.17) is 4.74 Å². The Kier molecular flexibility index (Phi) is 6.26. The summed E-state index contributed by atoms with van der Waals surface area (Å²) in [6, 6.07) is 0. The number of ether oxygens (including phenoxy) is 1. The van der Waals surface area contributed by atoms with Gasteiger partial charge in [-0.15, -0.1) is 0 Å². The van der Waals surface area contributed by atoms with Crippen molar-refractivity contribution < 1.29 is 14.6 Å². The van der Waals surface area contributed by atoms with E-state index in [2.05, 4.69) is 10.6 Å². The van der Waals surface area contributed by atoms with E-state index in [9.17, 15) is 9.90 Å². The van der Waals surface area contributed by atoms with Gasteiger partial charge < -0.3 is 20.5 Å². The van der Waals surface area contributed by atoms with Crippen molar-refractivity contribution in [3.05, 3.63) is 0 Å². The first-order valence-electron chi connectivity index (χ1n) is 7.99. The zero-order chi connectivity index (χ0) is 14.3. The lowest BCUT2D eigenvalue weighted by Crippen LogP contribution is -2.44. The fourth-order valence-electron chi connectivity index (χ4n) is 3.02. The summed E-state index contributed by atoms with van der Waals surface area (Å²) in [4.78, 5) is 11.8. The van der Waals surface area contributed by atoms with E-state index in [1.54, 1.807) is 0 Å². The fraction of sp³-hybridized carbons (Fsp3) is 0.933. The molecule has 0 atom stereocenters. The van der Waals surface area contributed by atoms with Crippen LogP contribution in [0.25, 0.3) is 0 Å². The van der Waals surface area contributed by atoms with Crippen LogP contribution in [0.4, 0.5) is 0 Å². The Morgan fingerprint density at radius 2 is 1.95 bits per heavy atom. The van der Waals surface area contributed by atoms with Crippen molar-refractivity contribution in [3.63, 3.8) is 0 Å². The quantitative estimate of drug-likeness (QED) is 0.679. The van der Waals surface area contributed by atoms with Crippen LogP contribution < -0.4 is 10.6 Å². The van der Waals surface area contributed by atoms with Crippen LogP contribution in [0.5, 0.6) is 0 Å². The normalized spacial score (nSPS) is 23.4. The van der Waals surface area contributed by atoms with Crippen molar-refractivity contribution in [2.75, 3.05) is 26.2 Å². The van der Waals surface area contributed by atoms with Crippen LogP contribution >= 0.6 is 0 Å². The van der Waals surface area contributed by atoms with Crippen molar-refractivity contribution >= 4 is 5.91 Å². The lowest BCUT2D eigenvalue weighted by Gasteiger charge is -2.32. The standard InChI is InChI=1S/C15H28N2O3/c18-14(6-11-20-13-4-9-16-10-5-13)17-12-15(19)7-2-1-3-8-15/h13,16,19H,1-12H2,(H,17,18). The highest BCUT2D eigenvalue weighted by atomic mass is 16.5. The van der Waals surface area contributed by atoms with E-state index < -0.39 is 5.60 Å². The largest absolute Gasteiger partial charge is 0.388 e. The number of hydrogen-bond donors (Lipinski definition) is 3. The molecule has 5 heteroatoms. The smallest absolute Gasteiger partial charge is 0.222 e. The van der Waals surface area contributed by atoms with Crippen molar-refractivity contribution in [1.29, 1.82) is 0 Å². The van der Waals surface area contributed by atoms with Gasteiger partial charge in [0.15, 0.2) is 0 Å². The van der Waals surface area contributed by atoms with Crippen LogP contribution in [0, 0.1) is 0 Å². The third-order valence-corrected chi connectivity index (χ3v) is 4.37. The van der Waals surface area contributed by atoms with Gasteiger partial charge in [0.1, 0.15) is 0 Å². The summed E-state index contributed by atoms with van der Waals surface area (Å²) < 4.78 is 5.71. The molecule has 1 aliphatic carbocycles. The molecular formula is C15H28N2O3. The molecule has 0 aromatic rings. The molecule has 0 aromatic heterocycles. The maximum absolute atomic E-state index is 11.8. The SMILES string of the molecule is O=C(CCOC1CCNCC1)NCC1(O)CCCCC1. The molecule has 20 heavy (non-hydrogen) atoms. The zero-order valence-corrected chi connectivity index (χ0v) is 12.3. The molecule has 2 fully saturated rings. The lowest BCUT2D eigenvalue weighted by atomic mass is 9.85. The second-order valence-corrected chi connectivity index (χ2v) is 6.13. The van der Waals surface area contributed by atoms with Gasteiger partial charge in [-0.05, 0) is 38.8 Å². The predicted molar refractivity (Wildman–Crippen MR) is 77.5 cm³/mol. The molecule has 1 heterocycles. The number of aliphatic hydroxyl groups is 1. The van der Waals surface area contributed by atoms with E-state index >= 15 is 0 Å². The Hall–Kier alpha value is -0.650. The Balaban J connectivity index is 1.55. The lowest BCUT2D eigenvalue weighted by molar-refractivity contribution is -0.124. The molecule has 1 aliphatic heterocycles. The number of piperidine rings is 1. The minimum atomic E-state index is -0.677. The van der Waals surface area contributed by atoms with Gasteiger partial charge in [0.05, 0.1) is 18.3 Å². The molecule has 0 aromatic carbocycles. The van der Waals surface area contributed by atoms with Gasteiger partial charge in [-0.25, -0.2) is 0 Å². The molecule has 0 unspecified atom stereocenters. The van der Waals surface area contributed by atoms with E-state index in [1.165, 1.54) is 6.42 Å². The van der Waals surface area contributed by atoms with Crippen molar-refractivity contribution in [1.82, 2.24) is 10.6 Å². The van der Waals surface area contributed by atoms with Gasteiger partial charge in [0.2, 0.25) is 5.91 Å². The summed E-state index contributed by atoms with van der Waals surface area (Å²) in [6.07, 6.45) is 7.67. The average molecular weight is 284 g/mol. The molecule has 2 rings (SSSR count). The first kappa shape index (κ1) is 15.7. The Labute approximate surface area is 121 Å². The minimum Gasteiger partial charge on any atom is -0.388 e. The molecule has 116 valence electrons. The van der Waals surface area contributed by atoms with Crippen LogP contribution in [-0.4, -0.2) is 49.0 Å². The summed E-state index contributed by atoms with van der Waals surface area (Å²) in [5.74, 6) is -0.0158. The molecule has 0 bridgehead atoms. The second-order valence-electron chi connectivity index (χ2n) is 6.13. The van der Waals surface area contributed by atoms with E-state index in [0.717, 1.165) is 51.6 Å². The van der Waals surface area contributed by atoms with E-state index in [1.807, 2.05) is 0 Å². The molecule has 3 N–H and O–H groups in total. The topological polar surface area (TPSA) is 70.6 Å². The van der Waals surface area contributed by atoms with Crippen molar-refractivity contribution in [2.45, 2.75) is 63.1 Å². The minimum absolute atomic E-state index is 0.0158. The highest BCUT2D eigenvalue weighted by Crippen LogP contribution is 2.27. The average Bonchev–Trinajstić information content (AvgIpc) is 2.47. The molecule has 0 spiro atoms. The third-order valence-electron chi connectivity index (χ3n) is 4.37. The van der Waals surface area contributed by atoms with Crippen LogP contribution in [-0.2, 0) is 9.53 Å². The molecule has 1 saturated carbocycles. The summed E-state index contributed by atoms with van der Waals surface area (Å²) in [5, 5.41) is 16.4. The molecule has 1 saturated heterocycles. The highest BCUT2D eigenvalue weighted by Gasteiger charge is 2.29. The highest BCUT2D eigenvalue weighted by molar-refractivity contribution is 5.76. The van der Waals surface area contributed by atoms with Crippen molar-refractivity contribution in [2.24, 2.45) is 0 Å². The number of amides is 1. The Morgan fingerprint density at radius 3 is 2.65 bits per heavy atom. The fourth-order valence-corrected chi connectivity index (χ4v) is 3.02. The van der Waals surface area contributed by atoms with Gasteiger partial charge in [-0.3, -0.25) is 4.79 Å². The van der Waals surface area contributed by atoms with E-state index in [-0.39, 0.29) is 5.91 Å². The van der Waals surface area contributed by atoms with Crippen LogP contribution in [0.15, 0.2) is 0 Å². The van der Waals surface area contributed by atoms with Gasteiger partial charge in [0.25, 0.3) is 0 Å². The van der Waals surface area contributed by atoms with Crippen molar-refractivity contribution in [3.8, 4) is 0 Å². The summed E-state index contributed by atoms with van der Waals surface area (Å²) >= 11 is 0. The first-order chi connectivity index (χ1) is 9.68. The molecule has 5 nitrogen and oxygen atoms in total. The maximum atomic E-state index is 11.8. The van der Waals surface area contributed by atoms with Crippen LogP contribution in [0.2, 0.25) is 0 Å². The number of carbonyl (C=O) groups is 1. The number of hydrogen-bond acceptors (Lipinski definition) is 4. The van der Waals surface area contributed by atoms with Gasteiger partial charge in [-0.1, -0.05) is 19.3 Å². The van der Waals surface area contributed by atoms with Gasteiger partial charge >= 0.3 is 0 Å². The Bertz CT molecular complexity index is 297. The monoisotopic (exact) mass is 284 g/mol. The predicted octanol–water partition coefficient (Wildman–Crippen LogP) is 0.957. The van der Waals surface area contributed by atoms with E-state index in [0.29, 0.717) is 25.7 Å². The van der Waals surface area contributed by atoms with Gasteiger partial charge in [-0.2, -0.15) is 0 Å². The molecular weight excluding hydrogens is 256 g/mol. The summed E-state index contributed by atoms with van der Waals surface area (Å²) in [6.45, 7) is 2.88. The Morgan fingerprint density at radius 1 is 1.25 bits per heavy atom. The molecule has 2 aliphatic rings. The van der Waals surface area contributed by atoms with Gasteiger partial charge in [0, 0.05) is 13.0 Å². The maximum Gasteiger partial charge on any atom is 0.222 e. The van der Waals surface area contributed by atoms with Crippen LogP contribution in [0.1, 0.15) is 51.4 Å². The number of carbonyl (C=O) groups excluding carboxylic acids is 1. The molecule has 0 radical (unpaired) electrons. The summed E-state index contributed by atoms with van der Waals surface area (Å²) in [5.41, 5.74) is -0.677.